The zero-order valence-electron chi connectivity index (χ0n) is 10.8. The number of aryl methyl sites for hydroxylation is 1. The first-order chi connectivity index (χ1) is 9.08. The van der Waals surface area contributed by atoms with Gasteiger partial charge in [0.2, 0.25) is 0 Å². The fraction of sp³-hybridized carbons (Fsp3) is 0.333. The molecule has 0 bridgehead atoms. The number of hydrogen-bond acceptors (Lipinski definition) is 5. The molecule has 19 heavy (non-hydrogen) atoms. The standard InChI is InChI=1S/C12H15N5O2/c1-9(12-15-14-8-16(12)2)13-7-10-3-5-11(6-4-10)17(18)19/h3-6,8-9,13H,7H2,1-2H3. The van der Waals surface area contributed by atoms with Gasteiger partial charge in [-0.1, -0.05) is 12.1 Å². The van der Waals surface area contributed by atoms with Gasteiger partial charge in [-0.25, -0.2) is 0 Å². The first kappa shape index (κ1) is 13.2. The van der Waals surface area contributed by atoms with Crippen LogP contribution >= 0.6 is 0 Å². The molecule has 1 unspecified atom stereocenters. The van der Waals surface area contributed by atoms with E-state index in [1.165, 1.54) is 12.1 Å². The van der Waals surface area contributed by atoms with Crippen LogP contribution in [0.3, 0.4) is 0 Å². The van der Waals surface area contributed by atoms with E-state index in [-0.39, 0.29) is 11.7 Å². The van der Waals surface area contributed by atoms with Crippen LogP contribution in [0.2, 0.25) is 0 Å². The molecule has 7 nitrogen and oxygen atoms in total. The second-order valence-electron chi connectivity index (χ2n) is 4.33. The van der Waals surface area contributed by atoms with Crippen molar-refractivity contribution in [2.45, 2.75) is 19.5 Å². The number of rotatable bonds is 5. The summed E-state index contributed by atoms with van der Waals surface area (Å²) in [7, 11) is 1.89. The summed E-state index contributed by atoms with van der Waals surface area (Å²) in [4.78, 5) is 10.1. The molecule has 0 aliphatic carbocycles. The molecule has 0 aliphatic rings. The van der Waals surface area contributed by atoms with Crippen molar-refractivity contribution in [2.24, 2.45) is 7.05 Å². The number of nitro benzene ring substituents is 1. The van der Waals surface area contributed by atoms with Crippen molar-refractivity contribution in [3.63, 3.8) is 0 Å². The topological polar surface area (TPSA) is 85.9 Å². The lowest BCUT2D eigenvalue weighted by atomic mass is 10.2. The minimum atomic E-state index is -0.403. The van der Waals surface area contributed by atoms with Crippen molar-refractivity contribution in [3.05, 3.63) is 52.1 Å². The Kier molecular flexibility index (Phi) is 3.86. The summed E-state index contributed by atoms with van der Waals surface area (Å²) in [5.41, 5.74) is 1.09. The first-order valence-electron chi connectivity index (χ1n) is 5.88. The molecule has 7 heteroatoms. The molecule has 1 aromatic heterocycles. The number of benzene rings is 1. The predicted octanol–water partition coefficient (Wildman–Crippen LogP) is 1.57. The van der Waals surface area contributed by atoms with Crippen LogP contribution < -0.4 is 5.32 Å². The average Bonchev–Trinajstić information content (AvgIpc) is 2.83. The molecular formula is C12H15N5O2. The van der Waals surface area contributed by atoms with Gasteiger partial charge in [-0.05, 0) is 12.5 Å². The number of nitro groups is 1. The summed E-state index contributed by atoms with van der Waals surface area (Å²) in [5.74, 6) is 0.849. The zero-order chi connectivity index (χ0) is 13.8. The van der Waals surface area contributed by atoms with Crippen LogP contribution in [0.1, 0.15) is 24.4 Å². The van der Waals surface area contributed by atoms with Gasteiger partial charge in [0, 0.05) is 25.7 Å². The van der Waals surface area contributed by atoms with E-state index in [0.29, 0.717) is 6.54 Å². The van der Waals surface area contributed by atoms with Crippen molar-refractivity contribution in [2.75, 3.05) is 0 Å². The minimum Gasteiger partial charge on any atom is -0.319 e. The Hall–Kier alpha value is -2.28. The van der Waals surface area contributed by atoms with Crippen molar-refractivity contribution in [1.29, 1.82) is 0 Å². The number of nitrogens with zero attached hydrogens (tertiary/aromatic N) is 4. The number of hydrogen-bond donors (Lipinski definition) is 1. The maximum atomic E-state index is 10.5. The van der Waals surface area contributed by atoms with Crippen LogP contribution in [0.25, 0.3) is 0 Å². The molecule has 1 heterocycles. The van der Waals surface area contributed by atoms with Crippen molar-refractivity contribution in [1.82, 2.24) is 20.1 Å². The molecule has 0 amide bonds. The molecule has 0 saturated heterocycles. The third-order valence-corrected chi connectivity index (χ3v) is 2.89. The molecular weight excluding hydrogens is 246 g/mol. The van der Waals surface area contributed by atoms with Gasteiger partial charge in [0.05, 0.1) is 11.0 Å². The lowest BCUT2D eigenvalue weighted by Crippen LogP contribution is -2.21. The second-order valence-corrected chi connectivity index (χ2v) is 4.33. The van der Waals surface area contributed by atoms with Crippen molar-refractivity contribution in [3.8, 4) is 0 Å². The molecule has 0 saturated carbocycles. The van der Waals surface area contributed by atoms with Crippen molar-refractivity contribution < 1.29 is 4.92 Å². The molecule has 1 atom stereocenters. The van der Waals surface area contributed by atoms with Gasteiger partial charge in [-0.15, -0.1) is 10.2 Å². The SMILES string of the molecule is CC(NCc1ccc([N+](=O)[O-])cc1)c1nncn1C. The van der Waals surface area contributed by atoms with E-state index in [1.807, 2.05) is 18.5 Å². The van der Waals surface area contributed by atoms with Crippen LogP contribution in [0, 0.1) is 10.1 Å². The highest BCUT2D eigenvalue weighted by Gasteiger charge is 2.11. The highest BCUT2D eigenvalue weighted by molar-refractivity contribution is 5.32. The van der Waals surface area contributed by atoms with Gasteiger partial charge in [-0.3, -0.25) is 10.1 Å². The van der Waals surface area contributed by atoms with E-state index >= 15 is 0 Å². The fourth-order valence-corrected chi connectivity index (χ4v) is 1.78. The molecule has 0 aliphatic heterocycles. The van der Waals surface area contributed by atoms with Gasteiger partial charge in [0.1, 0.15) is 12.2 Å². The third kappa shape index (κ3) is 3.14. The third-order valence-electron chi connectivity index (χ3n) is 2.89. The summed E-state index contributed by atoms with van der Waals surface area (Å²) in [6.45, 7) is 2.61. The lowest BCUT2D eigenvalue weighted by molar-refractivity contribution is -0.384. The fourth-order valence-electron chi connectivity index (χ4n) is 1.78. The molecule has 0 spiro atoms. The van der Waals surface area contributed by atoms with Gasteiger partial charge in [0.25, 0.3) is 5.69 Å². The minimum absolute atomic E-state index is 0.0580. The normalized spacial score (nSPS) is 12.3. The highest BCUT2D eigenvalue weighted by Crippen LogP contribution is 2.13. The van der Waals surface area contributed by atoms with E-state index in [0.717, 1.165) is 11.4 Å². The molecule has 0 radical (unpaired) electrons. The van der Waals surface area contributed by atoms with Gasteiger partial charge in [-0.2, -0.15) is 0 Å². The van der Waals surface area contributed by atoms with Gasteiger partial charge in [0.15, 0.2) is 0 Å². The smallest absolute Gasteiger partial charge is 0.269 e. The molecule has 1 aromatic carbocycles. The number of non-ortho nitro benzene ring substituents is 1. The van der Waals surface area contributed by atoms with Crippen molar-refractivity contribution >= 4 is 5.69 Å². The quantitative estimate of drug-likeness (QED) is 0.652. The highest BCUT2D eigenvalue weighted by atomic mass is 16.6. The van der Waals surface area contributed by atoms with E-state index in [1.54, 1.807) is 18.5 Å². The molecule has 2 rings (SSSR count). The summed E-state index contributed by atoms with van der Waals surface area (Å²) < 4.78 is 1.85. The Morgan fingerprint density at radius 1 is 1.42 bits per heavy atom. The van der Waals surface area contributed by atoms with E-state index < -0.39 is 4.92 Å². The predicted molar refractivity (Wildman–Crippen MR) is 69.4 cm³/mol. The van der Waals surface area contributed by atoms with Crippen LogP contribution in [0.15, 0.2) is 30.6 Å². The van der Waals surface area contributed by atoms with Crippen LogP contribution in [0.5, 0.6) is 0 Å². The Labute approximate surface area is 110 Å². The van der Waals surface area contributed by atoms with E-state index in [2.05, 4.69) is 15.5 Å². The zero-order valence-corrected chi connectivity index (χ0v) is 10.8. The lowest BCUT2D eigenvalue weighted by Gasteiger charge is -2.12. The largest absolute Gasteiger partial charge is 0.319 e. The average molecular weight is 261 g/mol. The summed E-state index contributed by atoms with van der Waals surface area (Å²) >= 11 is 0. The number of nitrogens with one attached hydrogen (secondary N) is 1. The van der Waals surface area contributed by atoms with Gasteiger partial charge >= 0.3 is 0 Å². The Morgan fingerprint density at radius 3 is 2.63 bits per heavy atom. The van der Waals surface area contributed by atoms with Crippen LogP contribution in [-0.2, 0) is 13.6 Å². The first-order valence-corrected chi connectivity index (χ1v) is 5.88. The maximum Gasteiger partial charge on any atom is 0.269 e. The van der Waals surface area contributed by atoms with E-state index in [9.17, 15) is 10.1 Å². The van der Waals surface area contributed by atoms with Crippen LogP contribution in [-0.4, -0.2) is 19.7 Å². The van der Waals surface area contributed by atoms with Gasteiger partial charge < -0.3 is 9.88 Å². The van der Waals surface area contributed by atoms with Crippen LogP contribution in [0.4, 0.5) is 5.69 Å². The Bertz CT molecular complexity index is 564. The summed E-state index contributed by atoms with van der Waals surface area (Å²) in [6, 6.07) is 6.56. The second kappa shape index (κ2) is 5.57. The summed E-state index contributed by atoms with van der Waals surface area (Å²) in [6.07, 6.45) is 1.65. The summed E-state index contributed by atoms with van der Waals surface area (Å²) in [5, 5.41) is 21.7. The molecule has 2 aromatic rings. The molecule has 1 N–H and O–H groups in total. The van der Waals surface area contributed by atoms with E-state index in [4.69, 9.17) is 0 Å². The maximum absolute atomic E-state index is 10.5. The number of aromatic nitrogens is 3. The Morgan fingerprint density at radius 2 is 2.11 bits per heavy atom. The Balaban J connectivity index is 1.95. The molecule has 0 fully saturated rings. The molecule has 100 valence electrons. The monoisotopic (exact) mass is 261 g/mol.